The third-order valence-corrected chi connectivity index (χ3v) is 4.33. The first-order chi connectivity index (χ1) is 12.5. The number of rotatable bonds is 5. The van der Waals surface area contributed by atoms with Crippen LogP contribution in [0.15, 0.2) is 48.5 Å². The smallest absolute Gasteiger partial charge is 0.410 e. The molecule has 1 saturated heterocycles. The number of anilines is 1. The van der Waals surface area contributed by atoms with Gasteiger partial charge in [0.2, 0.25) is 0 Å². The molecule has 1 aliphatic rings. The molecule has 7 heteroatoms. The molecule has 0 unspecified atom stereocenters. The van der Waals surface area contributed by atoms with Gasteiger partial charge >= 0.3 is 12.1 Å². The lowest BCUT2D eigenvalue weighted by Gasteiger charge is -2.16. The van der Waals surface area contributed by atoms with Crippen molar-refractivity contribution in [1.29, 1.82) is 0 Å². The normalized spacial score (nSPS) is 14.7. The average Bonchev–Trinajstić information content (AvgIpc) is 3.00. The van der Waals surface area contributed by atoms with E-state index in [4.69, 9.17) is 16.3 Å². The van der Waals surface area contributed by atoms with Crippen molar-refractivity contribution < 1.29 is 14.3 Å². The summed E-state index contributed by atoms with van der Waals surface area (Å²) in [6.45, 7) is 3.34. The van der Waals surface area contributed by atoms with Gasteiger partial charge in [-0.15, -0.1) is 0 Å². The van der Waals surface area contributed by atoms with Crippen LogP contribution in [0.2, 0.25) is 5.02 Å². The van der Waals surface area contributed by atoms with Crippen molar-refractivity contribution >= 4 is 29.4 Å². The standard InChI is InChI=1S/C19H20ClN3O3/c1-13(15-5-3-6-16(20)11-15)21-18(24)22-17-7-2-4-14(10-17)12-23-8-9-26-19(23)25/h2-7,10-11,13H,8-9,12H2,1H3,(H2,21,22,24)/t13-/m1/s1. The number of benzene rings is 2. The molecule has 3 amide bonds. The summed E-state index contributed by atoms with van der Waals surface area (Å²) in [6.07, 6.45) is -0.309. The quantitative estimate of drug-likeness (QED) is 0.826. The number of halogens is 1. The number of urea groups is 1. The van der Waals surface area contributed by atoms with Gasteiger partial charge in [-0.3, -0.25) is 0 Å². The fourth-order valence-corrected chi connectivity index (χ4v) is 2.96. The van der Waals surface area contributed by atoms with Crippen molar-refractivity contribution in [2.75, 3.05) is 18.5 Å². The molecule has 1 heterocycles. The molecule has 1 fully saturated rings. The Hall–Kier alpha value is -2.73. The Kier molecular flexibility index (Phi) is 5.63. The molecule has 26 heavy (non-hydrogen) atoms. The van der Waals surface area contributed by atoms with E-state index < -0.39 is 0 Å². The largest absolute Gasteiger partial charge is 0.448 e. The molecule has 0 aromatic heterocycles. The van der Waals surface area contributed by atoms with E-state index in [-0.39, 0.29) is 18.2 Å². The van der Waals surface area contributed by atoms with Crippen LogP contribution < -0.4 is 10.6 Å². The summed E-state index contributed by atoms with van der Waals surface area (Å²) in [5.74, 6) is 0. The summed E-state index contributed by atoms with van der Waals surface area (Å²) in [5.41, 5.74) is 2.50. The highest BCUT2D eigenvalue weighted by molar-refractivity contribution is 6.30. The van der Waals surface area contributed by atoms with Gasteiger partial charge in [0, 0.05) is 17.3 Å². The van der Waals surface area contributed by atoms with Gasteiger partial charge in [0.25, 0.3) is 0 Å². The monoisotopic (exact) mass is 373 g/mol. The Labute approximate surface area is 157 Å². The number of amides is 3. The lowest BCUT2D eigenvalue weighted by Crippen LogP contribution is -2.31. The molecule has 2 N–H and O–H groups in total. The molecule has 0 spiro atoms. The Morgan fingerprint density at radius 2 is 2.08 bits per heavy atom. The van der Waals surface area contributed by atoms with Crippen LogP contribution in [0.4, 0.5) is 15.3 Å². The van der Waals surface area contributed by atoms with Crippen LogP contribution in [0.25, 0.3) is 0 Å². The summed E-state index contributed by atoms with van der Waals surface area (Å²) in [4.78, 5) is 25.4. The number of carbonyl (C=O) groups is 2. The third kappa shape index (κ3) is 4.67. The molecular weight excluding hydrogens is 354 g/mol. The van der Waals surface area contributed by atoms with Crippen LogP contribution in [-0.4, -0.2) is 30.2 Å². The number of hydrogen-bond acceptors (Lipinski definition) is 3. The number of nitrogens with zero attached hydrogens (tertiary/aromatic N) is 1. The maximum Gasteiger partial charge on any atom is 0.410 e. The highest BCUT2D eigenvalue weighted by atomic mass is 35.5. The fraction of sp³-hybridized carbons (Fsp3) is 0.263. The molecule has 1 atom stereocenters. The maximum atomic E-state index is 12.2. The first kappa shape index (κ1) is 18.1. The number of hydrogen-bond donors (Lipinski definition) is 2. The predicted octanol–water partition coefficient (Wildman–Crippen LogP) is 4.17. The Bertz CT molecular complexity index is 812. The molecule has 2 aromatic rings. The van der Waals surface area contributed by atoms with Gasteiger partial charge in [0.05, 0.1) is 12.6 Å². The number of carbonyl (C=O) groups excluding carboxylic acids is 2. The maximum absolute atomic E-state index is 12.2. The zero-order valence-electron chi connectivity index (χ0n) is 14.4. The molecular formula is C19H20ClN3O3. The van der Waals surface area contributed by atoms with Gasteiger partial charge in [-0.2, -0.15) is 0 Å². The highest BCUT2D eigenvalue weighted by Gasteiger charge is 2.21. The van der Waals surface area contributed by atoms with Crippen molar-refractivity contribution in [2.24, 2.45) is 0 Å². The SMILES string of the molecule is C[C@@H](NC(=O)Nc1cccc(CN2CCOC2=O)c1)c1cccc(Cl)c1. The number of ether oxygens (including phenoxy) is 1. The Balaban J connectivity index is 1.58. The van der Waals surface area contributed by atoms with Gasteiger partial charge in [-0.25, -0.2) is 9.59 Å². The van der Waals surface area contributed by atoms with E-state index in [2.05, 4.69) is 10.6 Å². The summed E-state index contributed by atoms with van der Waals surface area (Å²) >= 11 is 5.99. The number of nitrogens with one attached hydrogen (secondary N) is 2. The van der Waals surface area contributed by atoms with Crippen LogP contribution >= 0.6 is 11.6 Å². The second kappa shape index (κ2) is 8.10. The van der Waals surface area contributed by atoms with Crippen molar-refractivity contribution in [3.8, 4) is 0 Å². The van der Waals surface area contributed by atoms with Gasteiger partial charge < -0.3 is 20.3 Å². The zero-order chi connectivity index (χ0) is 18.5. The lowest BCUT2D eigenvalue weighted by molar-refractivity contribution is 0.157. The second-order valence-corrected chi connectivity index (χ2v) is 6.55. The van der Waals surface area contributed by atoms with Gasteiger partial charge in [-0.05, 0) is 42.3 Å². The van der Waals surface area contributed by atoms with Crippen molar-refractivity contribution in [1.82, 2.24) is 10.2 Å². The van der Waals surface area contributed by atoms with E-state index in [1.54, 1.807) is 17.0 Å². The Morgan fingerprint density at radius 1 is 1.27 bits per heavy atom. The average molecular weight is 374 g/mol. The molecule has 0 saturated carbocycles. The van der Waals surface area contributed by atoms with Crippen molar-refractivity contribution in [2.45, 2.75) is 19.5 Å². The fourth-order valence-electron chi connectivity index (χ4n) is 2.76. The van der Waals surface area contributed by atoms with Crippen LogP contribution in [0, 0.1) is 0 Å². The van der Waals surface area contributed by atoms with Crippen LogP contribution in [0.5, 0.6) is 0 Å². The highest BCUT2D eigenvalue weighted by Crippen LogP contribution is 2.18. The van der Waals surface area contributed by atoms with Gasteiger partial charge in [0.15, 0.2) is 0 Å². The predicted molar refractivity (Wildman–Crippen MR) is 100 cm³/mol. The molecule has 136 valence electrons. The molecule has 0 radical (unpaired) electrons. The van der Waals surface area contributed by atoms with Gasteiger partial charge in [0.1, 0.15) is 6.61 Å². The lowest BCUT2D eigenvalue weighted by atomic mass is 10.1. The van der Waals surface area contributed by atoms with Crippen LogP contribution in [-0.2, 0) is 11.3 Å². The first-order valence-electron chi connectivity index (χ1n) is 8.35. The van der Waals surface area contributed by atoms with E-state index in [1.807, 2.05) is 43.3 Å². The molecule has 0 aliphatic carbocycles. The first-order valence-corrected chi connectivity index (χ1v) is 8.73. The summed E-state index contributed by atoms with van der Waals surface area (Å²) in [7, 11) is 0. The summed E-state index contributed by atoms with van der Waals surface area (Å²) in [6, 6.07) is 14.3. The van der Waals surface area contributed by atoms with E-state index >= 15 is 0 Å². The minimum atomic E-state index is -0.310. The van der Waals surface area contributed by atoms with Crippen LogP contribution in [0.3, 0.4) is 0 Å². The van der Waals surface area contributed by atoms with Crippen molar-refractivity contribution in [3.05, 3.63) is 64.7 Å². The Morgan fingerprint density at radius 3 is 2.81 bits per heavy atom. The summed E-state index contributed by atoms with van der Waals surface area (Å²) < 4.78 is 4.92. The van der Waals surface area contributed by atoms with E-state index in [0.29, 0.717) is 30.4 Å². The van der Waals surface area contributed by atoms with Crippen molar-refractivity contribution in [3.63, 3.8) is 0 Å². The molecule has 2 aromatic carbocycles. The zero-order valence-corrected chi connectivity index (χ0v) is 15.1. The van der Waals surface area contributed by atoms with Gasteiger partial charge in [-0.1, -0.05) is 35.9 Å². The summed E-state index contributed by atoms with van der Waals surface area (Å²) in [5, 5.41) is 6.32. The van der Waals surface area contributed by atoms with E-state index in [1.165, 1.54) is 0 Å². The topological polar surface area (TPSA) is 70.7 Å². The molecule has 1 aliphatic heterocycles. The minimum Gasteiger partial charge on any atom is -0.448 e. The van der Waals surface area contributed by atoms with Crippen LogP contribution in [0.1, 0.15) is 24.1 Å². The van der Waals surface area contributed by atoms with E-state index in [0.717, 1.165) is 11.1 Å². The number of cyclic esters (lactones) is 1. The minimum absolute atomic E-state index is 0.184. The molecule has 6 nitrogen and oxygen atoms in total. The molecule has 3 rings (SSSR count). The second-order valence-electron chi connectivity index (χ2n) is 6.11. The third-order valence-electron chi connectivity index (χ3n) is 4.10. The van der Waals surface area contributed by atoms with E-state index in [9.17, 15) is 9.59 Å². The molecule has 0 bridgehead atoms.